The molecule has 0 aliphatic carbocycles. The minimum absolute atomic E-state index is 0.294. The van der Waals surface area contributed by atoms with Gasteiger partial charge in [-0.15, -0.1) is 0 Å². The van der Waals surface area contributed by atoms with Crippen molar-refractivity contribution in [2.75, 3.05) is 26.2 Å². The number of rotatable bonds is 2. The minimum Gasteiger partial charge on any atom is -0.444 e. The van der Waals surface area contributed by atoms with E-state index in [1.165, 1.54) is 5.56 Å². The van der Waals surface area contributed by atoms with E-state index in [2.05, 4.69) is 17.0 Å². The number of benzene rings is 1. The average molecular weight is 344 g/mol. The van der Waals surface area contributed by atoms with Gasteiger partial charge in [0.1, 0.15) is 11.4 Å². The summed E-state index contributed by atoms with van der Waals surface area (Å²) in [4.78, 5) is 29.1. The molecule has 0 bridgehead atoms. The standard InChI is InChI=1S/C20H28N2O3/c1-19(2,3)25-18(24)22-11-9-17(23)20(15-22)10-12-21(14-20)13-16-7-5-4-6-8-16/h4-8H,9-15H2,1-3H3/t20-/m1/s1. The fourth-order valence-electron chi connectivity index (χ4n) is 3.81. The van der Waals surface area contributed by atoms with Gasteiger partial charge in [0.05, 0.1) is 5.41 Å². The molecule has 2 aliphatic rings. The average Bonchev–Trinajstić information content (AvgIpc) is 2.93. The van der Waals surface area contributed by atoms with Gasteiger partial charge in [0, 0.05) is 32.6 Å². The molecule has 2 saturated heterocycles. The Bertz CT molecular complexity index is 638. The molecule has 1 atom stereocenters. The second-order valence-corrected chi connectivity index (χ2v) is 8.30. The normalized spacial score (nSPS) is 24.8. The molecule has 1 aromatic rings. The van der Waals surface area contributed by atoms with Crippen LogP contribution in [0, 0.1) is 5.41 Å². The van der Waals surface area contributed by atoms with Crippen molar-refractivity contribution >= 4 is 11.9 Å². The lowest BCUT2D eigenvalue weighted by Crippen LogP contribution is -2.53. The third-order valence-electron chi connectivity index (χ3n) is 5.03. The van der Waals surface area contributed by atoms with Gasteiger partial charge < -0.3 is 9.64 Å². The van der Waals surface area contributed by atoms with E-state index >= 15 is 0 Å². The molecule has 1 spiro atoms. The van der Waals surface area contributed by atoms with Gasteiger partial charge in [0.2, 0.25) is 0 Å². The van der Waals surface area contributed by atoms with Crippen LogP contribution in [0.4, 0.5) is 4.79 Å². The Morgan fingerprint density at radius 2 is 1.88 bits per heavy atom. The van der Waals surface area contributed by atoms with E-state index in [9.17, 15) is 9.59 Å². The van der Waals surface area contributed by atoms with Gasteiger partial charge in [-0.2, -0.15) is 0 Å². The maximum absolute atomic E-state index is 12.7. The van der Waals surface area contributed by atoms with Crippen LogP contribution in [-0.2, 0) is 16.1 Å². The lowest BCUT2D eigenvalue weighted by molar-refractivity contribution is -0.132. The number of hydrogen-bond donors (Lipinski definition) is 0. The van der Waals surface area contributed by atoms with Gasteiger partial charge in [-0.1, -0.05) is 30.3 Å². The number of ether oxygens (including phenoxy) is 1. The largest absolute Gasteiger partial charge is 0.444 e. The fraction of sp³-hybridized carbons (Fsp3) is 0.600. The molecule has 0 saturated carbocycles. The molecule has 0 radical (unpaired) electrons. The van der Waals surface area contributed by atoms with Crippen molar-refractivity contribution in [2.45, 2.75) is 45.8 Å². The molecule has 3 rings (SSSR count). The number of carbonyl (C=O) groups excluding carboxylic acids is 2. The highest BCUT2D eigenvalue weighted by Crippen LogP contribution is 2.37. The van der Waals surface area contributed by atoms with Crippen molar-refractivity contribution in [3.05, 3.63) is 35.9 Å². The van der Waals surface area contributed by atoms with E-state index in [-0.39, 0.29) is 6.09 Å². The first-order chi connectivity index (χ1) is 11.8. The van der Waals surface area contributed by atoms with E-state index in [4.69, 9.17) is 4.74 Å². The molecule has 136 valence electrons. The quantitative estimate of drug-likeness (QED) is 0.827. The van der Waals surface area contributed by atoms with Crippen LogP contribution in [0.5, 0.6) is 0 Å². The number of Topliss-reactive ketones (excluding diaryl/α,β-unsaturated/α-hetero) is 1. The van der Waals surface area contributed by atoms with Crippen LogP contribution in [0.15, 0.2) is 30.3 Å². The summed E-state index contributed by atoms with van der Waals surface area (Å²) in [6.07, 6.45) is 0.942. The van der Waals surface area contributed by atoms with E-state index in [0.717, 1.165) is 26.1 Å². The Morgan fingerprint density at radius 3 is 2.56 bits per heavy atom. The summed E-state index contributed by atoms with van der Waals surface area (Å²) in [6, 6.07) is 10.3. The first-order valence-electron chi connectivity index (χ1n) is 9.05. The van der Waals surface area contributed by atoms with Gasteiger partial charge in [-0.25, -0.2) is 4.79 Å². The van der Waals surface area contributed by atoms with E-state index in [0.29, 0.717) is 25.3 Å². The Morgan fingerprint density at radius 1 is 1.16 bits per heavy atom. The first-order valence-corrected chi connectivity index (χ1v) is 9.05. The zero-order valence-electron chi connectivity index (χ0n) is 15.5. The van der Waals surface area contributed by atoms with Crippen molar-refractivity contribution in [1.82, 2.24) is 9.80 Å². The smallest absolute Gasteiger partial charge is 0.410 e. The molecule has 0 N–H and O–H groups in total. The van der Waals surface area contributed by atoms with Crippen molar-refractivity contribution < 1.29 is 14.3 Å². The number of piperidine rings is 1. The highest BCUT2D eigenvalue weighted by molar-refractivity contribution is 5.88. The van der Waals surface area contributed by atoms with Gasteiger partial charge >= 0.3 is 6.09 Å². The van der Waals surface area contributed by atoms with Crippen molar-refractivity contribution in [3.63, 3.8) is 0 Å². The summed E-state index contributed by atoms with van der Waals surface area (Å²) in [6.45, 7) is 9.01. The molecular weight excluding hydrogens is 316 g/mol. The molecule has 0 aromatic heterocycles. The van der Waals surface area contributed by atoms with Crippen LogP contribution in [-0.4, -0.2) is 53.5 Å². The number of hydrogen-bond acceptors (Lipinski definition) is 4. The van der Waals surface area contributed by atoms with Crippen LogP contribution < -0.4 is 0 Å². The first kappa shape index (κ1) is 17.9. The summed E-state index contributed by atoms with van der Waals surface area (Å²) in [5, 5.41) is 0. The molecule has 25 heavy (non-hydrogen) atoms. The number of nitrogens with zero attached hydrogens (tertiary/aromatic N) is 2. The molecule has 5 heteroatoms. The molecule has 2 fully saturated rings. The molecule has 5 nitrogen and oxygen atoms in total. The van der Waals surface area contributed by atoms with E-state index in [1.807, 2.05) is 39.0 Å². The predicted octanol–water partition coefficient (Wildman–Crippen LogP) is 3.09. The summed E-state index contributed by atoms with van der Waals surface area (Å²) >= 11 is 0. The number of likely N-dealkylation sites (tertiary alicyclic amines) is 2. The molecule has 1 amide bonds. The minimum atomic E-state index is -0.513. The SMILES string of the molecule is CC(C)(C)OC(=O)N1CCC(=O)[C@@]2(CCN(Cc3ccccc3)C2)C1. The summed E-state index contributed by atoms with van der Waals surface area (Å²) in [7, 11) is 0. The van der Waals surface area contributed by atoms with Gasteiger partial charge in [-0.3, -0.25) is 9.69 Å². The summed E-state index contributed by atoms with van der Waals surface area (Å²) in [5.41, 5.74) is 0.316. The van der Waals surface area contributed by atoms with Gasteiger partial charge in [-0.05, 0) is 39.3 Å². The lowest BCUT2D eigenvalue weighted by Gasteiger charge is -2.39. The Hall–Kier alpha value is -1.88. The maximum Gasteiger partial charge on any atom is 0.410 e. The zero-order chi connectivity index (χ0) is 18.1. The van der Waals surface area contributed by atoms with Crippen molar-refractivity contribution in [3.8, 4) is 0 Å². The molecule has 1 aromatic carbocycles. The van der Waals surface area contributed by atoms with Gasteiger partial charge in [0.25, 0.3) is 0 Å². The number of ketones is 1. The van der Waals surface area contributed by atoms with Crippen LogP contribution in [0.1, 0.15) is 39.2 Å². The van der Waals surface area contributed by atoms with Gasteiger partial charge in [0.15, 0.2) is 0 Å². The second kappa shape index (κ2) is 6.79. The zero-order valence-corrected chi connectivity index (χ0v) is 15.5. The molecular formula is C20H28N2O3. The summed E-state index contributed by atoms with van der Waals surface area (Å²) < 4.78 is 5.50. The maximum atomic E-state index is 12.7. The highest BCUT2D eigenvalue weighted by atomic mass is 16.6. The summed E-state index contributed by atoms with van der Waals surface area (Å²) in [5.74, 6) is 0.294. The van der Waals surface area contributed by atoms with Crippen molar-refractivity contribution in [1.29, 1.82) is 0 Å². The number of carbonyl (C=O) groups is 2. The van der Waals surface area contributed by atoms with Crippen LogP contribution in [0.2, 0.25) is 0 Å². The molecule has 2 heterocycles. The second-order valence-electron chi connectivity index (χ2n) is 8.30. The predicted molar refractivity (Wildman–Crippen MR) is 96.2 cm³/mol. The third-order valence-corrected chi connectivity index (χ3v) is 5.03. The van der Waals surface area contributed by atoms with Crippen LogP contribution in [0.3, 0.4) is 0 Å². The molecule has 0 unspecified atom stereocenters. The lowest BCUT2D eigenvalue weighted by atomic mass is 9.78. The highest BCUT2D eigenvalue weighted by Gasteiger charge is 2.48. The topological polar surface area (TPSA) is 49.9 Å². The van der Waals surface area contributed by atoms with E-state index in [1.54, 1.807) is 4.90 Å². The van der Waals surface area contributed by atoms with Crippen molar-refractivity contribution in [2.24, 2.45) is 5.41 Å². The Labute approximate surface area is 149 Å². The molecule has 2 aliphatic heterocycles. The Kier molecular flexibility index (Phi) is 4.87. The van der Waals surface area contributed by atoms with E-state index < -0.39 is 11.0 Å². The fourth-order valence-corrected chi connectivity index (χ4v) is 3.81. The monoisotopic (exact) mass is 344 g/mol. The van der Waals surface area contributed by atoms with Crippen LogP contribution >= 0.6 is 0 Å². The number of amides is 1. The van der Waals surface area contributed by atoms with Crippen LogP contribution in [0.25, 0.3) is 0 Å². The third kappa shape index (κ3) is 4.21. The Balaban J connectivity index is 1.66.